The van der Waals surface area contributed by atoms with Gasteiger partial charge in [-0.3, -0.25) is 0 Å². The topological polar surface area (TPSA) is 12.0 Å². The standard InChI is InChI=1S/C18H22FN/c1-13(2)18(20-3)11-14-7-9-15(10-8-14)16-5-4-6-17(19)12-16/h4-10,12-13,18,20H,11H2,1-3H3. The van der Waals surface area contributed by atoms with E-state index in [-0.39, 0.29) is 5.82 Å². The maximum absolute atomic E-state index is 13.2. The molecule has 0 aliphatic rings. The van der Waals surface area contributed by atoms with E-state index in [2.05, 4.69) is 43.4 Å². The monoisotopic (exact) mass is 271 g/mol. The highest BCUT2D eigenvalue weighted by Crippen LogP contribution is 2.21. The largest absolute Gasteiger partial charge is 0.316 e. The summed E-state index contributed by atoms with van der Waals surface area (Å²) >= 11 is 0. The first kappa shape index (κ1) is 14.7. The average molecular weight is 271 g/mol. The minimum absolute atomic E-state index is 0.193. The highest BCUT2D eigenvalue weighted by Gasteiger charge is 2.11. The summed E-state index contributed by atoms with van der Waals surface area (Å²) < 4.78 is 13.2. The van der Waals surface area contributed by atoms with E-state index in [0.29, 0.717) is 12.0 Å². The number of rotatable bonds is 5. The normalized spacial score (nSPS) is 12.7. The molecule has 2 rings (SSSR count). The molecule has 106 valence electrons. The van der Waals surface area contributed by atoms with Gasteiger partial charge in [0, 0.05) is 6.04 Å². The highest BCUT2D eigenvalue weighted by atomic mass is 19.1. The molecule has 0 saturated heterocycles. The van der Waals surface area contributed by atoms with Gasteiger partial charge in [0.05, 0.1) is 0 Å². The van der Waals surface area contributed by atoms with Crippen molar-refractivity contribution < 1.29 is 4.39 Å². The molecule has 1 nitrogen and oxygen atoms in total. The van der Waals surface area contributed by atoms with Crippen molar-refractivity contribution in [3.8, 4) is 11.1 Å². The summed E-state index contributed by atoms with van der Waals surface area (Å²) in [5.41, 5.74) is 3.28. The van der Waals surface area contributed by atoms with E-state index in [1.165, 1.54) is 11.6 Å². The van der Waals surface area contributed by atoms with Crippen molar-refractivity contribution in [2.75, 3.05) is 7.05 Å². The molecule has 0 radical (unpaired) electrons. The first-order chi connectivity index (χ1) is 9.60. The zero-order valence-corrected chi connectivity index (χ0v) is 12.4. The molecular weight excluding hydrogens is 249 g/mol. The summed E-state index contributed by atoms with van der Waals surface area (Å²) in [7, 11) is 2.01. The molecule has 2 aromatic rings. The third kappa shape index (κ3) is 3.67. The van der Waals surface area contributed by atoms with Crippen LogP contribution >= 0.6 is 0 Å². The van der Waals surface area contributed by atoms with Crippen LogP contribution in [-0.4, -0.2) is 13.1 Å². The summed E-state index contributed by atoms with van der Waals surface area (Å²) in [5, 5.41) is 3.35. The van der Waals surface area contributed by atoms with Crippen LogP contribution < -0.4 is 5.32 Å². The van der Waals surface area contributed by atoms with E-state index in [1.807, 2.05) is 13.1 Å². The Hall–Kier alpha value is -1.67. The van der Waals surface area contributed by atoms with Crippen LogP contribution in [0.15, 0.2) is 48.5 Å². The highest BCUT2D eigenvalue weighted by molar-refractivity contribution is 5.63. The van der Waals surface area contributed by atoms with Crippen molar-refractivity contribution in [3.05, 3.63) is 59.9 Å². The van der Waals surface area contributed by atoms with Gasteiger partial charge in [0.2, 0.25) is 0 Å². The van der Waals surface area contributed by atoms with Crippen molar-refractivity contribution in [2.45, 2.75) is 26.3 Å². The molecule has 0 saturated carbocycles. The van der Waals surface area contributed by atoms with Crippen LogP contribution in [-0.2, 0) is 6.42 Å². The maximum atomic E-state index is 13.2. The predicted octanol–water partition coefficient (Wildman–Crippen LogP) is 4.28. The molecule has 1 unspecified atom stereocenters. The van der Waals surface area contributed by atoms with Crippen molar-refractivity contribution >= 4 is 0 Å². The Morgan fingerprint density at radius 3 is 2.25 bits per heavy atom. The van der Waals surface area contributed by atoms with Crippen molar-refractivity contribution in [3.63, 3.8) is 0 Å². The third-order valence-electron chi connectivity index (χ3n) is 3.74. The van der Waals surface area contributed by atoms with Crippen molar-refractivity contribution in [1.82, 2.24) is 5.32 Å². The molecule has 0 spiro atoms. The molecule has 0 aromatic heterocycles. The van der Waals surface area contributed by atoms with Gasteiger partial charge in [-0.2, -0.15) is 0 Å². The van der Waals surface area contributed by atoms with Gasteiger partial charge in [-0.05, 0) is 48.2 Å². The fourth-order valence-electron chi connectivity index (χ4n) is 2.43. The fraction of sp³-hybridized carbons (Fsp3) is 0.333. The van der Waals surface area contributed by atoms with Gasteiger partial charge < -0.3 is 5.32 Å². The maximum Gasteiger partial charge on any atom is 0.123 e. The molecule has 0 heterocycles. The Morgan fingerprint density at radius 2 is 1.70 bits per heavy atom. The number of likely N-dealkylation sites (N-methyl/N-ethyl adjacent to an activating group) is 1. The van der Waals surface area contributed by atoms with Crippen LogP contribution in [0.3, 0.4) is 0 Å². The Kier molecular flexibility index (Phi) is 4.91. The van der Waals surface area contributed by atoms with E-state index < -0.39 is 0 Å². The number of halogens is 1. The smallest absolute Gasteiger partial charge is 0.123 e. The fourth-order valence-corrected chi connectivity index (χ4v) is 2.43. The second-order valence-corrected chi connectivity index (χ2v) is 5.55. The number of benzene rings is 2. The molecule has 2 aromatic carbocycles. The SMILES string of the molecule is CNC(Cc1ccc(-c2cccc(F)c2)cc1)C(C)C. The lowest BCUT2D eigenvalue weighted by Crippen LogP contribution is -2.32. The van der Waals surface area contributed by atoms with E-state index in [0.717, 1.165) is 17.5 Å². The molecule has 0 fully saturated rings. The second-order valence-electron chi connectivity index (χ2n) is 5.55. The zero-order chi connectivity index (χ0) is 14.5. The average Bonchev–Trinajstić information content (AvgIpc) is 2.45. The van der Waals surface area contributed by atoms with Crippen LogP contribution in [0.25, 0.3) is 11.1 Å². The first-order valence-electron chi connectivity index (χ1n) is 7.12. The molecule has 0 aliphatic heterocycles. The van der Waals surface area contributed by atoms with Gasteiger partial charge in [-0.25, -0.2) is 4.39 Å². The van der Waals surface area contributed by atoms with Crippen LogP contribution in [0.4, 0.5) is 4.39 Å². The zero-order valence-electron chi connectivity index (χ0n) is 12.4. The summed E-state index contributed by atoms with van der Waals surface area (Å²) in [4.78, 5) is 0. The summed E-state index contributed by atoms with van der Waals surface area (Å²) in [5.74, 6) is 0.407. The predicted molar refractivity (Wildman–Crippen MR) is 83.2 cm³/mol. The third-order valence-corrected chi connectivity index (χ3v) is 3.74. The molecule has 0 aliphatic carbocycles. The first-order valence-corrected chi connectivity index (χ1v) is 7.12. The lowest BCUT2D eigenvalue weighted by atomic mass is 9.95. The van der Waals surface area contributed by atoms with Crippen LogP contribution in [0, 0.1) is 11.7 Å². The van der Waals surface area contributed by atoms with Gasteiger partial charge in [0.15, 0.2) is 0 Å². The summed E-state index contributed by atoms with van der Waals surface area (Å²) in [6.07, 6.45) is 1.01. The Labute approximate surface area is 120 Å². The lowest BCUT2D eigenvalue weighted by Gasteiger charge is -2.20. The van der Waals surface area contributed by atoms with Gasteiger partial charge in [-0.15, -0.1) is 0 Å². The van der Waals surface area contributed by atoms with Crippen molar-refractivity contribution in [2.24, 2.45) is 5.92 Å². The summed E-state index contributed by atoms with van der Waals surface area (Å²) in [6.45, 7) is 4.45. The Bertz CT molecular complexity index is 546. The summed E-state index contributed by atoms with van der Waals surface area (Å²) in [6, 6.07) is 15.6. The van der Waals surface area contributed by atoms with Gasteiger partial charge in [-0.1, -0.05) is 50.2 Å². The molecule has 0 amide bonds. The molecular formula is C18H22FN. The van der Waals surface area contributed by atoms with Gasteiger partial charge in [0.1, 0.15) is 5.82 Å². The van der Waals surface area contributed by atoms with E-state index in [1.54, 1.807) is 12.1 Å². The van der Waals surface area contributed by atoms with Crippen LogP contribution in [0.2, 0.25) is 0 Å². The number of nitrogens with one attached hydrogen (secondary N) is 1. The van der Waals surface area contributed by atoms with Gasteiger partial charge in [0.25, 0.3) is 0 Å². The molecule has 1 N–H and O–H groups in total. The Balaban J connectivity index is 2.14. The molecule has 2 heteroatoms. The van der Waals surface area contributed by atoms with Crippen LogP contribution in [0.5, 0.6) is 0 Å². The second kappa shape index (κ2) is 6.67. The minimum atomic E-state index is -0.193. The van der Waals surface area contributed by atoms with Crippen molar-refractivity contribution in [1.29, 1.82) is 0 Å². The molecule has 20 heavy (non-hydrogen) atoms. The van der Waals surface area contributed by atoms with E-state index in [9.17, 15) is 4.39 Å². The number of hydrogen-bond acceptors (Lipinski definition) is 1. The van der Waals surface area contributed by atoms with Gasteiger partial charge >= 0.3 is 0 Å². The molecule has 1 atom stereocenters. The minimum Gasteiger partial charge on any atom is -0.316 e. The molecule has 0 bridgehead atoms. The number of hydrogen-bond donors (Lipinski definition) is 1. The van der Waals surface area contributed by atoms with Crippen LogP contribution in [0.1, 0.15) is 19.4 Å². The van der Waals surface area contributed by atoms with E-state index >= 15 is 0 Å². The van der Waals surface area contributed by atoms with E-state index in [4.69, 9.17) is 0 Å². The lowest BCUT2D eigenvalue weighted by molar-refractivity contribution is 0.424. The quantitative estimate of drug-likeness (QED) is 0.856. The Morgan fingerprint density at radius 1 is 1.00 bits per heavy atom.